The zero-order chi connectivity index (χ0) is 41.0. The van der Waals surface area contributed by atoms with Crippen molar-refractivity contribution in [1.82, 2.24) is 0 Å². The summed E-state index contributed by atoms with van der Waals surface area (Å²) in [7, 11) is 0. The molecule has 2 heterocycles. The van der Waals surface area contributed by atoms with Gasteiger partial charge < -0.3 is 0 Å². The van der Waals surface area contributed by atoms with Gasteiger partial charge in [0.15, 0.2) is 0 Å². The van der Waals surface area contributed by atoms with Crippen LogP contribution >= 0.6 is 23.5 Å². The van der Waals surface area contributed by atoms with Crippen LogP contribution in [0.2, 0.25) is 0 Å². The first-order valence-electron chi connectivity index (χ1n) is 21.1. The predicted octanol–water partition coefficient (Wildman–Crippen LogP) is 14.3. The molecule has 0 aliphatic carbocycles. The lowest BCUT2D eigenvalue weighted by molar-refractivity contribution is 0.590. The maximum Gasteiger partial charge on any atom is 0.247 e. The Labute approximate surface area is 360 Å². The zero-order valence-corrected chi connectivity index (χ0v) is 37.4. The third-order valence-electron chi connectivity index (χ3n) is 12.6. The van der Waals surface area contributed by atoms with Crippen molar-refractivity contribution in [2.45, 2.75) is 98.1 Å². The highest BCUT2D eigenvalue weighted by atomic mass is 32.2. The van der Waals surface area contributed by atoms with Crippen LogP contribution in [-0.2, 0) is 16.2 Å². The van der Waals surface area contributed by atoms with Crippen LogP contribution in [0.5, 0.6) is 0 Å². The van der Waals surface area contributed by atoms with E-state index < -0.39 is 0 Å². The predicted molar refractivity (Wildman–Crippen MR) is 260 cm³/mol. The van der Waals surface area contributed by atoms with Gasteiger partial charge in [-0.05, 0) is 124 Å². The molecule has 0 bridgehead atoms. The molecular weight excluding hydrogens is 748 g/mol. The van der Waals surface area contributed by atoms with Crippen molar-refractivity contribution in [3.8, 4) is 33.4 Å². The molecule has 8 aromatic rings. The molecule has 0 saturated heterocycles. The Hall–Kier alpha value is -4.96. The van der Waals surface area contributed by atoms with Crippen LogP contribution in [0.4, 0.5) is 0 Å². The van der Waals surface area contributed by atoms with E-state index in [1.54, 1.807) is 0 Å². The van der Waals surface area contributed by atoms with Crippen molar-refractivity contribution in [2.24, 2.45) is 0 Å². The van der Waals surface area contributed by atoms with Crippen LogP contribution < -0.4 is 16.4 Å². The monoisotopic (exact) mass is 798 g/mol. The highest BCUT2D eigenvalue weighted by molar-refractivity contribution is 8.01. The van der Waals surface area contributed by atoms with Crippen LogP contribution in [0.15, 0.2) is 165 Å². The van der Waals surface area contributed by atoms with Gasteiger partial charge in [0, 0.05) is 19.6 Å². The Kier molecular flexibility index (Phi) is 8.95. The van der Waals surface area contributed by atoms with Crippen molar-refractivity contribution in [1.29, 1.82) is 0 Å². The summed E-state index contributed by atoms with van der Waals surface area (Å²) in [5, 5.41) is 5.14. The highest BCUT2D eigenvalue weighted by Gasteiger charge is 2.39. The summed E-state index contributed by atoms with van der Waals surface area (Å²) in [6.45, 7) is 21.3. The molecule has 2 aliphatic rings. The molecule has 0 saturated carbocycles. The molecule has 0 spiro atoms. The third kappa shape index (κ3) is 6.57. The Morgan fingerprint density at radius 3 is 1.20 bits per heavy atom. The maximum absolute atomic E-state index is 2.52. The van der Waals surface area contributed by atoms with Crippen LogP contribution in [0.3, 0.4) is 0 Å². The first kappa shape index (κ1) is 38.3. The minimum absolute atomic E-state index is 0.0508. The molecule has 0 radical (unpaired) electrons. The fourth-order valence-electron chi connectivity index (χ4n) is 9.33. The Bertz CT molecular complexity index is 2840. The van der Waals surface area contributed by atoms with Crippen LogP contribution in [0.1, 0.15) is 79.0 Å². The Morgan fingerprint density at radius 1 is 0.339 bits per heavy atom. The fourth-order valence-corrected chi connectivity index (χ4v) is 11.8. The minimum atomic E-state index is -0.0508. The molecule has 8 aromatic carbocycles. The van der Waals surface area contributed by atoms with E-state index in [0.29, 0.717) is 0 Å². The van der Waals surface area contributed by atoms with Gasteiger partial charge in [-0.2, -0.15) is 0 Å². The molecule has 10 rings (SSSR count). The lowest BCUT2D eigenvalue weighted by Crippen LogP contribution is -2.58. The number of hydrogen-bond acceptors (Lipinski definition) is 2. The summed E-state index contributed by atoms with van der Waals surface area (Å²) in [6, 6.07) is 56.0. The topological polar surface area (TPSA) is 0 Å². The van der Waals surface area contributed by atoms with E-state index in [1.807, 2.05) is 23.5 Å². The summed E-state index contributed by atoms with van der Waals surface area (Å²) >= 11 is 3.92. The van der Waals surface area contributed by atoms with E-state index in [0.717, 1.165) is 0 Å². The Morgan fingerprint density at radius 2 is 0.746 bits per heavy atom. The SMILES string of the molecule is CC(C)(C)c1cc(-c2cc3c4c(c2)Sc2ccc(C(C)(C)C)cc2B4c2cc(C(C)(C)C)ccc2S3)cc(-c2c3ccccc3c(-c3ccccc3)c3ccccc23)c1. The molecular formula is C56H51BS2. The van der Waals surface area contributed by atoms with Crippen molar-refractivity contribution < 1.29 is 0 Å². The second kappa shape index (κ2) is 13.8. The molecule has 0 unspecified atom stereocenters. The van der Waals surface area contributed by atoms with Gasteiger partial charge in [-0.1, -0.05) is 212 Å². The lowest BCUT2D eigenvalue weighted by Gasteiger charge is -2.35. The van der Waals surface area contributed by atoms with E-state index in [-0.39, 0.29) is 23.0 Å². The molecule has 290 valence electrons. The fraction of sp³-hybridized carbons (Fsp3) is 0.214. The van der Waals surface area contributed by atoms with E-state index >= 15 is 0 Å². The normalized spacial score (nSPS) is 13.7. The van der Waals surface area contributed by atoms with Gasteiger partial charge in [-0.25, -0.2) is 0 Å². The van der Waals surface area contributed by atoms with Gasteiger partial charge >= 0.3 is 0 Å². The largest absolute Gasteiger partial charge is 0.247 e. The van der Waals surface area contributed by atoms with E-state index in [9.17, 15) is 0 Å². The van der Waals surface area contributed by atoms with Gasteiger partial charge in [0.1, 0.15) is 0 Å². The van der Waals surface area contributed by atoms with Crippen LogP contribution in [0, 0.1) is 0 Å². The molecule has 0 fully saturated rings. The smallest absolute Gasteiger partial charge is 0.0911 e. The second-order valence-electron chi connectivity index (χ2n) is 19.8. The lowest BCUT2D eigenvalue weighted by atomic mass is 9.36. The average Bonchev–Trinajstić information content (AvgIpc) is 3.21. The molecule has 0 N–H and O–H groups in total. The molecule has 0 aromatic heterocycles. The summed E-state index contributed by atoms with van der Waals surface area (Å²) in [4.78, 5) is 5.50. The van der Waals surface area contributed by atoms with Gasteiger partial charge in [0.25, 0.3) is 0 Å². The molecule has 2 aliphatic heterocycles. The maximum atomic E-state index is 2.52. The number of hydrogen-bond donors (Lipinski definition) is 0. The molecule has 0 atom stereocenters. The average molecular weight is 799 g/mol. The summed E-state index contributed by atoms with van der Waals surface area (Å²) in [5.74, 6) is 0. The van der Waals surface area contributed by atoms with Gasteiger partial charge in [-0.15, -0.1) is 0 Å². The number of benzene rings is 8. The van der Waals surface area contributed by atoms with Crippen LogP contribution in [0.25, 0.3) is 54.9 Å². The molecule has 0 nitrogen and oxygen atoms in total. The Balaban J connectivity index is 1.21. The van der Waals surface area contributed by atoms with Gasteiger partial charge in [0.2, 0.25) is 6.71 Å². The second-order valence-corrected chi connectivity index (χ2v) is 22.0. The molecule has 59 heavy (non-hydrogen) atoms. The highest BCUT2D eigenvalue weighted by Crippen LogP contribution is 2.47. The minimum Gasteiger partial charge on any atom is -0.0911 e. The van der Waals surface area contributed by atoms with Crippen molar-refractivity contribution in [3.05, 3.63) is 162 Å². The zero-order valence-electron chi connectivity index (χ0n) is 35.8. The summed E-state index contributed by atoms with van der Waals surface area (Å²) in [6.07, 6.45) is 0. The standard InChI is InChI=1S/C56H51BS2/c1-54(2,3)38-23-25-47-45(32-38)57-46-33-39(55(4,5)6)24-26-48(46)59-50-31-36(30-49(58-47)53(50)57)35-27-37(29-40(28-35)56(7,8)9)52-43-21-15-13-19-41(43)51(34-17-11-10-12-18-34)42-20-14-16-22-44(42)52/h10-33H,1-9H3. The van der Waals surface area contributed by atoms with E-state index in [4.69, 9.17) is 0 Å². The number of fused-ring (bicyclic) bond motifs is 6. The van der Waals surface area contributed by atoms with Crippen LogP contribution in [-0.4, -0.2) is 6.71 Å². The van der Waals surface area contributed by atoms with E-state index in [1.165, 1.54) is 108 Å². The molecule has 3 heteroatoms. The van der Waals surface area contributed by atoms with E-state index in [2.05, 4.69) is 208 Å². The van der Waals surface area contributed by atoms with Crippen molar-refractivity contribution in [2.75, 3.05) is 0 Å². The van der Waals surface area contributed by atoms with Crippen molar-refractivity contribution >= 4 is 68.2 Å². The van der Waals surface area contributed by atoms with Gasteiger partial charge in [0.05, 0.1) is 0 Å². The number of rotatable bonds is 3. The van der Waals surface area contributed by atoms with Gasteiger partial charge in [-0.3, -0.25) is 0 Å². The summed E-state index contributed by atoms with van der Waals surface area (Å²) < 4.78 is 0. The van der Waals surface area contributed by atoms with Crippen molar-refractivity contribution in [3.63, 3.8) is 0 Å². The molecule has 0 amide bonds. The quantitative estimate of drug-likeness (QED) is 0.129. The third-order valence-corrected chi connectivity index (χ3v) is 14.9. The summed E-state index contributed by atoms with van der Waals surface area (Å²) in [5.41, 5.74) is 16.3. The first-order valence-corrected chi connectivity index (χ1v) is 22.7. The first-order chi connectivity index (χ1) is 28.1.